The molecule has 7 nitrogen and oxygen atoms in total. The van der Waals surface area contributed by atoms with E-state index in [4.69, 9.17) is 27.6 Å². The van der Waals surface area contributed by atoms with E-state index in [9.17, 15) is 18.0 Å². The van der Waals surface area contributed by atoms with Gasteiger partial charge in [0, 0.05) is 17.1 Å². The average molecular weight is 484 g/mol. The Labute approximate surface area is 189 Å². The van der Waals surface area contributed by atoms with Crippen LogP contribution in [-0.2, 0) is 13.1 Å². The summed E-state index contributed by atoms with van der Waals surface area (Å²) in [7, 11) is 0. The molecule has 0 N–H and O–H groups in total. The van der Waals surface area contributed by atoms with Crippen LogP contribution >= 0.6 is 23.2 Å². The van der Waals surface area contributed by atoms with E-state index in [1.807, 2.05) is 0 Å². The van der Waals surface area contributed by atoms with Gasteiger partial charge in [0.15, 0.2) is 5.82 Å². The van der Waals surface area contributed by atoms with Gasteiger partial charge < -0.3 is 4.42 Å². The van der Waals surface area contributed by atoms with Gasteiger partial charge in [0.25, 0.3) is 0 Å². The van der Waals surface area contributed by atoms with E-state index in [0.29, 0.717) is 21.2 Å². The summed E-state index contributed by atoms with van der Waals surface area (Å²) >= 11 is 12.0. The van der Waals surface area contributed by atoms with E-state index in [2.05, 4.69) is 15.3 Å². The highest BCUT2D eigenvalue weighted by Gasteiger charge is 2.28. The normalized spacial score (nSPS) is 11.8. The maximum atomic E-state index is 12.8. The fourth-order valence-electron chi connectivity index (χ4n) is 2.99. The van der Waals surface area contributed by atoms with Crippen LogP contribution in [0.5, 0.6) is 0 Å². The van der Waals surface area contributed by atoms with Gasteiger partial charge in [-0.3, -0.25) is 4.57 Å². The van der Waals surface area contributed by atoms with Crippen LogP contribution in [-0.4, -0.2) is 30.7 Å². The second kappa shape index (κ2) is 8.79. The highest BCUT2D eigenvalue weighted by atomic mass is 35.5. The molecule has 0 bridgehead atoms. The summed E-state index contributed by atoms with van der Waals surface area (Å²) in [6, 6.07) is 13.1. The molecule has 0 amide bonds. The Hall–Kier alpha value is -3.11. The molecule has 0 aliphatic carbocycles. The summed E-state index contributed by atoms with van der Waals surface area (Å²) < 4.78 is 45.9. The predicted molar refractivity (Wildman–Crippen MR) is 111 cm³/mol. The smallest absolute Gasteiger partial charge is 0.390 e. The Morgan fingerprint density at radius 1 is 1.00 bits per heavy atom. The molecule has 2 aromatic carbocycles. The van der Waals surface area contributed by atoms with Gasteiger partial charge in [0.05, 0.1) is 17.0 Å². The summed E-state index contributed by atoms with van der Waals surface area (Å²) in [6.07, 6.45) is -5.62. The number of alkyl halides is 3. The molecular weight excluding hydrogens is 470 g/mol. The van der Waals surface area contributed by atoms with Gasteiger partial charge in [0.2, 0.25) is 11.8 Å². The summed E-state index contributed by atoms with van der Waals surface area (Å²) in [6.45, 7) is -0.815. The minimum absolute atomic E-state index is 0.0464. The number of hydrogen-bond donors (Lipinski definition) is 0. The molecule has 2 heterocycles. The third kappa shape index (κ3) is 4.86. The zero-order valence-electron chi connectivity index (χ0n) is 16.2. The summed E-state index contributed by atoms with van der Waals surface area (Å²) in [5.74, 6) is 0.264. The van der Waals surface area contributed by atoms with E-state index < -0.39 is 24.8 Å². The number of hydrogen-bond acceptors (Lipinski definition) is 5. The van der Waals surface area contributed by atoms with Crippen molar-refractivity contribution in [3.63, 3.8) is 0 Å². The van der Waals surface area contributed by atoms with Crippen molar-refractivity contribution in [2.24, 2.45) is 0 Å². The molecule has 4 rings (SSSR count). The minimum atomic E-state index is -4.44. The third-order valence-electron chi connectivity index (χ3n) is 4.50. The van der Waals surface area contributed by atoms with Gasteiger partial charge in [-0.25, -0.2) is 9.48 Å². The van der Waals surface area contributed by atoms with Crippen LogP contribution in [0.2, 0.25) is 10.0 Å². The van der Waals surface area contributed by atoms with Gasteiger partial charge in [-0.2, -0.15) is 13.2 Å². The predicted octanol–water partition coefficient (Wildman–Crippen LogP) is 5.07. The fraction of sp³-hybridized carbons (Fsp3) is 0.200. The van der Waals surface area contributed by atoms with Crippen molar-refractivity contribution in [2.75, 3.05) is 0 Å². The standard InChI is InChI=1S/C20H14Cl2F3N5O2/c21-13-7-5-12(6-8-13)17-28-30(19(31)29(17)10-9-20(23,24)25)11-16-26-27-18(32-16)14-3-1-2-4-15(14)22/h1-8H,9-11H2. The molecule has 4 aromatic rings. The molecule has 0 aliphatic rings. The van der Waals surface area contributed by atoms with Gasteiger partial charge in [-0.15, -0.1) is 15.3 Å². The van der Waals surface area contributed by atoms with Gasteiger partial charge >= 0.3 is 11.9 Å². The molecule has 0 spiro atoms. The Balaban J connectivity index is 1.68. The zero-order chi connectivity index (χ0) is 22.9. The molecule has 0 fully saturated rings. The highest BCUT2D eigenvalue weighted by Crippen LogP contribution is 2.27. The minimum Gasteiger partial charge on any atom is -0.419 e. The lowest BCUT2D eigenvalue weighted by atomic mass is 10.2. The Morgan fingerprint density at radius 2 is 1.72 bits per heavy atom. The number of aromatic nitrogens is 5. The first-order valence-corrected chi connectivity index (χ1v) is 10.0. The first kappa shape index (κ1) is 22.1. The molecule has 0 saturated heterocycles. The van der Waals surface area contributed by atoms with Crippen molar-refractivity contribution in [2.45, 2.75) is 25.7 Å². The molecule has 32 heavy (non-hydrogen) atoms. The van der Waals surface area contributed by atoms with E-state index in [0.717, 1.165) is 9.25 Å². The Morgan fingerprint density at radius 3 is 2.41 bits per heavy atom. The van der Waals surface area contributed by atoms with Crippen molar-refractivity contribution in [1.82, 2.24) is 24.5 Å². The second-order valence-corrected chi connectivity index (χ2v) is 7.61. The van der Waals surface area contributed by atoms with Gasteiger partial charge in [0.1, 0.15) is 6.54 Å². The number of benzene rings is 2. The largest absolute Gasteiger partial charge is 0.419 e. The van der Waals surface area contributed by atoms with Gasteiger partial charge in [-0.05, 0) is 36.4 Å². The van der Waals surface area contributed by atoms with Crippen LogP contribution in [0.15, 0.2) is 57.7 Å². The molecule has 0 atom stereocenters. The highest BCUT2D eigenvalue weighted by molar-refractivity contribution is 6.33. The van der Waals surface area contributed by atoms with Crippen LogP contribution in [0.3, 0.4) is 0 Å². The molecular formula is C20H14Cl2F3N5O2. The van der Waals surface area contributed by atoms with Crippen molar-refractivity contribution < 1.29 is 17.6 Å². The number of halogens is 5. The van der Waals surface area contributed by atoms with Crippen LogP contribution < -0.4 is 5.69 Å². The first-order valence-electron chi connectivity index (χ1n) is 9.29. The van der Waals surface area contributed by atoms with E-state index in [-0.39, 0.29) is 24.2 Å². The topological polar surface area (TPSA) is 78.7 Å². The second-order valence-electron chi connectivity index (χ2n) is 6.77. The number of nitrogens with zero attached hydrogens (tertiary/aromatic N) is 5. The quantitative estimate of drug-likeness (QED) is 0.382. The Kier molecular flexibility index (Phi) is 6.07. The van der Waals surface area contributed by atoms with Crippen molar-refractivity contribution in [3.05, 3.63) is 75.0 Å². The molecule has 2 aromatic heterocycles. The monoisotopic (exact) mass is 483 g/mol. The zero-order valence-corrected chi connectivity index (χ0v) is 17.7. The van der Waals surface area contributed by atoms with E-state index in [1.54, 1.807) is 48.5 Å². The maximum Gasteiger partial charge on any atom is 0.390 e. The lowest BCUT2D eigenvalue weighted by molar-refractivity contribution is -0.136. The van der Waals surface area contributed by atoms with Gasteiger partial charge in [-0.1, -0.05) is 35.3 Å². The molecule has 0 radical (unpaired) electrons. The van der Waals surface area contributed by atoms with Crippen molar-refractivity contribution in [3.8, 4) is 22.8 Å². The Bertz CT molecular complexity index is 1300. The molecule has 0 unspecified atom stereocenters. The number of rotatable bonds is 6. The van der Waals surface area contributed by atoms with Crippen molar-refractivity contribution in [1.29, 1.82) is 0 Å². The van der Waals surface area contributed by atoms with Crippen LogP contribution in [0.25, 0.3) is 22.8 Å². The summed E-state index contributed by atoms with van der Waals surface area (Å²) in [4.78, 5) is 12.8. The molecule has 166 valence electrons. The molecule has 0 saturated carbocycles. The fourth-order valence-corrected chi connectivity index (χ4v) is 3.33. The van der Waals surface area contributed by atoms with E-state index >= 15 is 0 Å². The first-order chi connectivity index (χ1) is 15.2. The van der Waals surface area contributed by atoms with Crippen LogP contribution in [0.1, 0.15) is 12.3 Å². The lowest BCUT2D eigenvalue weighted by Crippen LogP contribution is -2.27. The maximum absolute atomic E-state index is 12.8. The summed E-state index contributed by atoms with van der Waals surface area (Å²) in [5.41, 5.74) is 0.212. The van der Waals surface area contributed by atoms with Crippen LogP contribution in [0, 0.1) is 0 Å². The van der Waals surface area contributed by atoms with Crippen molar-refractivity contribution >= 4 is 23.2 Å². The average Bonchev–Trinajstić information content (AvgIpc) is 3.32. The molecule has 0 aliphatic heterocycles. The van der Waals surface area contributed by atoms with E-state index in [1.165, 1.54) is 0 Å². The summed E-state index contributed by atoms with van der Waals surface area (Å²) in [5, 5.41) is 12.9. The SMILES string of the molecule is O=c1n(Cc2nnc(-c3ccccc3Cl)o2)nc(-c2ccc(Cl)cc2)n1CCC(F)(F)F. The lowest BCUT2D eigenvalue weighted by Gasteiger charge is -2.08. The third-order valence-corrected chi connectivity index (χ3v) is 5.08. The van der Waals surface area contributed by atoms with Crippen LogP contribution in [0.4, 0.5) is 13.2 Å². The molecule has 12 heteroatoms.